The van der Waals surface area contributed by atoms with Crippen LogP contribution >= 0.6 is 0 Å². The molecule has 1 aliphatic carbocycles. The summed E-state index contributed by atoms with van der Waals surface area (Å²) >= 11 is 0. The zero-order valence-electron chi connectivity index (χ0n) is 12.9. The number of nitrogens with two attached hydrogens (primary N) is 1. The zero-order chi connectivity index (χ0) is 15.2. The molecule has 0 saturated carbocycles. The number of hydrogen-bond donors (Lipinski definition) is 3. The Kier molecular flexibility index (Phi) is 1.91. The Hall–Kier alpha value is -1.81. The SMILES string of the molecule is [2H]C([2H])([2H])NC1CCc2[nH]c3ccc(C(N)=O)cc3c2C1. The average Bonchev–Trinajstić information content (AvgIpc) is 2.74. The molecule has 0 radical (unpaired) electrons. The Bertz CT molecular complexity index is 705. The van der Waals surface area contributed by atoms with Crippen molar-refractivity contribution in [1.82, 2.24) is 10.3 Å². The van der Waals surface area contributed by atoms with E-state index >= 15 is 0 Å². The van der Waals surface area contributed by atoms with E-state index in [4.69, 9.17) is 9.85 Å². The number of aromatic nitrogens is 1. The summed E-state index contributed by atoms with van der Waals surface area (Å²) in [6, 6.07) is 5.25. The number of carbonyl (C=O) groups is 1. The van der Waals surface area contributed by atoms with Gasteiger partial charge in [-0.1, -0.05) is 0 Å². The van der Waals surface area contributed by atoms with Crippen LogP contribution in [0.15, 0.2) is 18.2 Å². The third-order valence-corrected chi connectivity index (χ3v) is 3.68. The number of rotatable bonds is 2. The highest BCUT2D eigenvalue weighted by atomic mass is 16.1. The predicted molar refractivity (Wildman–Crippen MR) is 71.7 cm³/mol. The highest BCUT2D eigenvalue weighted by Crippen LogP contribution is 2.29. The van der Waals surface area contributed by atoms with Crippen molar-refractivity contribution in [3.05, 3.63) is 35.0 Å². The number of likely N-dealkylation sites (N-methyl/N-ethyl adjacent to an activating group) is 1. The van der Waals surface area contributed by atoms with Crippen LogP contribution in [0.5, 0.6) is 0 Å². The molecule has 1 aromatic carbocycles. The van der Waals surface area contributed by atoms with Gasteiger partial charge in [0.05, 0.1) is 0 Å². The number of hydrogen-bond acceptors (Lipinski definition) is 2. The van der Waals surface area contributed by atoms with Gasteiger partial charge in [-0.2, -0.15) is 0 Å². The summed E-state index contributed by atoms with van der Waals surface area (Å²) < 4.78 is 22.0. The molecule has 1 aliphatic rings. The van der Waals surface area contributed by atoms with Crippen molar-refractivity contribution in [2.75, 3.05) is 6.98 Å². The smallest absolute Gasteiger partial charge is 0.248 e. The van der Waals surface area contributed by atoms with Gasteiger partial charge in [0.15, 0.2) is 0 Å². The Morgan fingerprint density at radius 3 is 3.28 bits per heavy atom. The Balaban J connectivity index is 1.97. The van der Waals surface area contributed by atoms with Crippen LogP contribution in [0.1, 0.15) is 32.1 Å². The van der Waals surface area contributed by atoms with Gasteiger partial charge < -0.3 is 16.0 Å². The van der Waals surface area contributed by atoms with E-state index in [1.165, 1.54) is 0 Å². The first-order valence-corrected chi connectivity index (χ1v) is 6.04. The van der Waals surface area contributed by atoms with Crippen molar-refractivity contribution in [2.45, 2.75) is 25.3 Å². The molecule has 1 atom stereocenters. The summed E-state index contributed by atoms with van der Waals surface area (Å²) in [5.74, 6) is -0.458. The molecule has 2 aromatic rings. The fourth-order valence-electron chi connectivity index (χ4n) is 2.69. The lowest BCUT2D eigenvalue weighted by molar-refractivity contribution is 0.100. The van der Waals surface area contributed by atoms with Crippen LogP contribution in [0.2, 0.25) is 0 Å². The van der Waals surface area contributed by atoms with Gasteiger partial charge in [0.2, 0.25) is 5.91 Å². The number of benzene rings is 1. The van der Waals surface area contributed by atoms with Gasteiger partial charge >= 0.3 is 0 Å². The van der Waals surface area contributed by atoms with Crippen molar-refractivity contribution in [2.24, 2.45) is 5.73 Å². The first kappa shape index (κ1) is 8.32. The summed E-state index contributed by atoms with van der Waals surface area (Å²) in [5, 5.41) is 3.64. The maximum absolute atomic E-state index is 11.3. The molecule has 1 amide bonds. The van der Waals surface area contributed by atoms with Crippen LogP contribution in [0.25, 0.3) is 10.9 Å². The quantitative estimate of drug-likeness (QED) is 0.748. The van der Waals surface area contributed by atoms with E-state index in [9.17, 15) is 4.79 Å². The molecule has 0 aliphatic heterocycles. The van der Waals surface area contributed by atoms with E-state index in [1.807, 2.05) is 6.07 Å². The molecule has 0 fully saturated rings. The minimum Gasteiger partial charge on any atom is -0.366 e. The molecule has 1 aromatic heterocycles. The Morgan fingerprint density at radius 2 is 2.50 bits per heavy atom. The highest BCUT2D eigenvalue weighted by molar-refractivity contribution is 5.98. The number of aryl methyl sites for hydroxylation is 1. The zero-order valence-corrected chi connectivity index (χ0v) is 9.92. The van der Waals surface area contributed by atoms with Crippen LogP contribution in [-0.4, -0.2) is 23.9 Å². The molecule has 0 spiro atoms. The fourth-order valence-corrected chi connectivity index (χ4v) is 2.69. The third-order valence-electron chi connectivity index (χ3n) is 3.68. The Morgan fingerprint density at radius 1 is 1.61 bits per heavy atom. The van der Waals surface area contributed by atoms with Crippen LogP contribution < -0.4 is 11.1 Å². The molecule has 1 heterocycles. The minimum atomic E-state index is -2.13. The number of amides is 1. The van der Waals surface area contributed by atoms with E-state index in [2.05, 4.69) is 10.3 Å². The second kappa shape index (κ2) is 4.14. The van der Waals surface area contributed by atoms with Gasteiger partial charge in [-0.05, 0) is 50.0 Å². The molecule has 18 heavy (non-hydrogen) atoms. The predicted octanol–water partition coefficient (Wildman–Crippen LogP) is 1.34. The molecular formula is C14H17N3O. The fraction of sp³-hybridized carbons (Fsp3) is 0.357. The van der Waals surface area contributed by atoms with Crippen LogP contribution in [0.3, 0.4) is 0 Å². The number of aromatic amines is 1. The number of carbonyl (C=O) groups excluding carboxylic acids is 1. The van der Waals surface area contributed by atoms with Gasteiger partial charge in [-0.25, -0.2) is 0 Å². The molecule has 3 rings (SSSR count). The van der Waals surface area contributed by atoms with Crippen molar-refractivity contribution in [1.29, 1.82) is 0 Å². The second-order valence-electron chi connectivity index (χ2n) is 4.79. The molecule has 0 bridgehead atoms. The van der Waals surface area contributed by atoms with Gasteiger partial charge in [0.1, 0.15) is 0 Å². The van der Waals surface area contributed by atoms with Gasteiger partial charge in [0.25, 0.3) is 0 Å². The molecule has 94 valence electrons. The van der Waals surface area contributed by atoms with E-state index in [0.717, 1.165) is 35.0 Å². The lowest BCUT2D eigenvalue weighted by atomic mass is 9.91. The number of H-pyrrole nitrogens is 1. The second-order valence-corrected chi connectivity index (χ2v) is 4.79. The van der Waals surface area contributed by atoms with Gasteiger partial charge in [0, 0.05) is 32.3 Å². The van der Waals surface area contributed by atoms with Crippen LogP contribution in [0.4, 0.5) is 0 Å². The van der Waals surface area contributed by atoms with Crippen molar-refractivity contribution in [3.63, 3.8) is 0 Å². The van der Waals surface area contributed by atoms with Crippen LogP contribution in [0, 0.1) is 0 Å². The first-order chi connectivity index (χ1) is 9.83. The summed E-state index contributed by atoms with van der Waals surface area (Å²) in [5.41, 5.74) is 8.95. The minimum absolute atomic E-state index is 0.0822. The third kappa shape index (κ3) is 1.69. The normalized spacial score (nSPS) is 22.0. The number of fused-ring (bicyclic) bond motifs is 3. The van der Waals surface area contributed by atoms with Crippen molar-refractivity contribution in [3.8, 4) is 0 Å². The molecule has 4 heteroatoms. The van der Waals surface area contributed by atoms with E-state index in [-0.39, 0.29) is 6.04 Å². The lowest BCUT2D eigenvalue weighted by Crippen LogP contribution is -2.31. The monoisotopic (exact) mass is 246 g/mol. The summed E-state index contributed by atoms with van der Waals surface area (Å²) in [6.45, 7) is -2.13. The average molecular weight is 246 g/mol. The maximum atomic E-state index is 11.3. The van der Waals surface area contributed by atoms with E-state index in [0.29, 0.717) is 12.0 Å². The molecular weight excluding hydrogens is 226 g/mol. The number of nitrogens with one attached hydrogen (secondary N) is 2. The van der Waals surface area contributed by atoms with Crippen molar-refractivity contribution >= 4 is 16.8 Å². The maximum Gasteiger partial charge on any atom is 0.248 e. The largest absolute Gasteiger partial charge is 0.366 e. The Labute approximate surface area is 110 Å². The standard InChI is InChI=1S/C14H17N3O/c1-16-9-3-5-13-11(7-9)10-6-8(14(15)18)2-4-12(10)17-13/h2,4,6,9,16-17H,3,5,7H2,1H3,(H2,15,18)/i1D3. The number of primary amides is 1. The molecule has 4 nitrogen and oxygen atoms in total. The molecule has 0 saturated heterocycles. The topological polar surface area (TPSA) is 70.9 Å². The summed E-state index contributed by atoms with van der Waals surface area (Å²) in [7, 11) is 0. The first-order valence-electron chi connectivity index (χ1n) is 7.54. The summed E-state index contributed by atoms with van der Waals surface area (Å²) in [6.07, 6.45) is 2.21. The van der Waals surface area contributed by atoms with E-state index in [1.54, 1.807) is 12.1 Å². The molecule has 1 unspecified atom stereocenters. The van der Waals surface area contributed by atoms with E-state index < -0.39 is 12.9 Å². The lowest BCUT2D eigenvalue weighted by Gasteiger charge is -2.21. The molecule has 4 N–H and O–H groups in total. The van der Waals surface area contributed by atoms with Gasteiger partial charge in [-0.15, -0.1) is 0 Å². The van der Waals surface area contributed by atoms with Crippen molar-refractivity contribution < 1.29 is 8.91 Å². The highest BCUT2D eigenvalue weighted by Gasteiger charge is 2.21. The van der Waals surface area contributed by atoms with Gasteiger partial charge in [-0.3, -0.25) is 4.79 Å². The summed E-state index contributed by atoms with van der Waals surface area (Å²) in [4.78, 5) is 14.7. The van der Waals surface area contributed by atoms with Crippen LogP contribution in [-0.2, 0) is 12.8 Å².